The van der Waals surface area contributed by atoms with Gasteiger partial charge in [0.15, 0.2) is 0 Å². The van der Waals surface area contributed by atoms with Gasteiger partial charge in [-0.1, -0.05) is 6.08 Å². The van der Waals surface area contributed by atoms with E-state index in [-0.39, 0.29) is 6.04 Å². The third-order valence-corrected chi connectivity index (χ3v) is 1.66. The van der Waals surface area contributed by atoms with Crippen molar-refractivity contribution in [2.75, 3.05) is 0 Å². The summed E-state index contributed by atoms with van der Waals surface area (Å²) in [5.41, 5.74) is 7.58. The van der Waals surface area contributed by atoms with Gasteiger partial charge in [0.1, 0.15) is 0 Å². The Balaban J connectivity index is 2.39. The molecule has 0 aromatic heterocycles. The van der Waals surface area contributed by atoms with Crippen molar-refractivity contribution in [3.05, 3.63) is 35.6 Å². The molecule has 0 aromatic rings. The molecule has 0 radical (unpaired) electrons. The van der Waals surface area contributed by atoms with Crippen molar-refractivity contribution in [3.8, 4) is 0 Å². The maximum atomic E-state index is 5.57. The van der Waals surface area contributed by atoms with E-state index in [1.807, 2.05) is 30.5 Å². The Morgan fingerprint density at radius 2 is 2.40 bits per heavy atom. The molecule has 0 fully saturated rings. The lowest BCUT2D eigenvalue weighted by Gasteiger charge is -2.09. The molecule has 0 saturated heterocycles. The van der Waals surface area contributed by atoms with Crippen LogP contribution in [-0.2, 0) is 0 Å². The molecule has 2 rings (SSSR count). The summed E-state index contributed by atoms with van der Waals surface area (Å²) in [5, 5.41) is 0. The summed E-state index contributed by atoms with van der Waals surface area (Å²) in [6.07, 6.45) is 9.66. The first-order chi connectivity index (χ1) is 4.86. The number of nitrogens with zero attached hydrogens (tertiary/aromatic N) is 1. The molecule has 0 aromatic carbocycles. The third kappa shape index (κ3) is 0.692. The monoisotopic (exact) mass is 132 g/mol. The van der Waals surface area contributed by atoms with Crippen molar-refractivity contribution in [2.24, 2.45) is 10.7 Å². The Hall–Kier alpha value is -1.31. The van der Waals surface area contributed by atoms with Gasteiger partial charge >= 0.3 is 0 Å². The highest BCUT2D eigenvalue weighted by molar-refractivity contribution is 5.78. The van der Waals surface area contributed by atoms with E-state index in [1.165, 1.54) is 5.57 Å². The minimum Gasteiger partial charge on any atom is -0.399 e. The lowest BCUT2D eigenvalue weighted by Crippen LogP contribution is -2.07. The fourth-order valence-electron chi connectivity index (χ4n) is 1.14. The predicted octanol–water partition coefficient (Wildman–Crippen LogP) is 0.778. The van der Waals surface area contributed by atoms with Crippen LogP contribution in [0.5, 0.6) is 0 Å². The van der Waals surface area contributed by atoms with Crippen LogP contribution < -0.4 is 5.73 Å². The van der Waals surface area contributed by atoms with Crippen LogP contribution >= 0.6 is 0 Å². The van der Waals surface area contributed by atoms with Crippen LogP contribution in [0.4, 0.5) is 0 Å². The second kappa shape index (κ2) is 1.84. The van der Waals surface area contributed by atoms with E-state index in [1.54, 1.807) is 0 Å². The highest BCUT2D eigenvalue weighted by Crippen LogP contribution is 2.19. The van der Waals surface area contributed by atoms with E-state index in [0.29, 0.717) is 0 Å². The molecule has 2 aliphatic rings. The number of allylic oxidation sites excluding steroid dienone is 2. The Morgan fingerprint density at radius 3 is 3.30 bits per heavy atom. The zero-order valence-electron chi connectivity index (χ0n) is 5.49. The first kappa shape index (κ1) is 5.47. The molecule has 1 aliphatic carbocycles. The van der Waals surface area contributed by atoms with E-state index < -0.39 is 0 Å². The summed E-state index contributed by atoms with van der Waals surface area (Å²) in [6.45, 7) is 0. The van der Waals surface area contributed by atoms with Crippen LogP contribution in [0.15, 0.2) is 40.6 Å². The third-order valence-electron chi connectivity index (χ3n) is 1.66. The molecule has 0 bridgehead atoms. The van der Waals surface area contributed by atoms with Crippen molar-refractivity contribution >= 4 is 6.21 Å². The predicted molar refractivity (Wildman–Crippen MR) is 41.8 cm³/mol. The number of nitrogens with two attached hydrogens (primary N) is 1. The molecule has 2 nitrogen and oxygen atoms in total. The summed E-state index contributed by atoms with van der Waals surface area (Å²) in [5.74, 6) is 0. The molecule has 2 heteroatoms. The van der Waals surface area contributed by atoms with Gasteiger partial charge in [0.2, 0.25) is 0 Å². The highest BCUT2D eigenvalue weighted by atomic mass is 14.8. The zero-order chi connectivity index (χ0) is 6.97. The van der Waals surface area contributed by atoms with Crippen LogP contribution in [0.2, 0.25) is 0 Å². The summed E-state index contributed by atoms with van der Waals surface area (Å²) < 4.78 is 0. The second-order valence-corrected chi connectivity index (χ2v) is 2.41. The lowest BCUT2D eigenvalue weighted by atomic mass is 10.0. The molecule has 1 atom stereocenters. The van der Waals surface area contributed by atoms with E-state index in [4.69, 9.17) is 5.73 Å². The first-order valence-electron chi connectivity index (χ1n) is 3.25. The standard InChI is InChI=1S/C8H8N2/c9-7-1-2-8-6(5-7)3-4-10-8/h1-5,8H,9H2/t8-/m0/s1. The molecule has 2 N–H and O–H groups in total. The van der Waals surface area contributed by atoms with Crippen LogP contribution in [-0.4, -0.2) is 12.3 Å². The second-order valence-electron chi connectivity index (χ2n) is 2.41. The van der Waals surface area contributed by atoms with Gasteiger partial charge < -0.3 is 5.73 Å². The van der Waals surface area contributed by atoms with Crippen molar-refractivity contribution in [3.63, 3.8) is 0 Å². The van der Waals surface area contributed by atoms with Crippen LogP contribution in [0.3, 0.4) is 0 Å². The van der Waals surface area contributed by atoms with Gasteiger partial charge in [-0.3, -0.25) is 4.99 Å². The molecule has 10 heavy (non-hydrogen) atoms. The molecule has 1 aliphatic heterocycles. The maximum Gasteiger partial charge on any atom is 0.0935 e. The van der Waals surface area contributed by atoms with Crippen LogP contribution in [0, 0.1) is 0 Å². The SMILES string of the molecule is NC1=CC2=CC=N[C@H]2C=C1. The smallest absolute Gasteiger partial charge is 0.0935 e. The highest BCUT2D eigenvalue weighted by Gasteiger charge is 2.13. The number of hydrogen-bond donors (Lipinski definition) is 1. The zero-order valence-corrected chi connectivity index (χ0v) is 5.49. The molecular weight excluding hydrogens is 124 g/mol. The molecule has 0 unspecified atom stereocenters. The molecule has 0 saturated carbocycles. The topological polar surface area (TPSA) is 38.4 Å². The first-order valence-corrected chi connectivity index (χ1v) is 3.25. The Labute approximate surface area is 59.4 Å². The Morgan fingerprint density at radius 1 is 1.50 bits per heavy atom. The normalized spacial score (nSPS) is 27.8. The van der Waals surface area contributed by atoms with Gasteiger partial charge in [-0.25, -0.2) is 0 Å². The summed E-state index contributed by atoms with van der Waals surface area (Å²) >= 11 is 0. The van der Waals surface area contributed by atoms with E-state index >= 15 is 0 Å². The van der Waals surface area contributed by atoms with E-state index in [2.05, 4.69) is 4.99 Å². The minimum atomic E-state index is 0.243. The van der Waals surface area contributed by atoms with Gasteiger partial charge in [0.25, 0.3) is 0 Å². The lowest BCUT2D eigenvalue weighted by molar-refractivity contribution is 0.989. The van der Waals surface area contributed by atoms with Gasteiger partial charge in [0.05, 0.1) is 6.04 Å². The number of aliphatic imine (C=N–C) groups is 1. The largest absolute Gasteiger partial charge is 0.399 e. The van der Waals surface area contributed by atoms with E-state index in [0.717, 1.165) is 5.70 Å². The fourth-order valence-corrected chi connectivity index (χ4v) is 1.14. The maximum absolute atomic E-state index is 5.57. The number of hydrogen-bond acceptors (Lipinski definition) is 2. The van der Waals surface area contributed by atoms with Crippen molar-refractivity contribution in [1.82, 2.24) is 0 Å². The Bertz CT molecular complexity index is 269. The van der Waals surface area contributed by atoms with Gasteiger partial charge in [-0.15, -0.1) is 0 Å². The molecular formula is C8H8N2. The molecule has 1 heterocycles. The van der Waals surface area contributed by atoms with Gasteiger partial charge in [0, 0.05) is 11.9 Å². The van der Waals surface area contributed by atoms with Crippen molar-refractivity contribution in [1.29, 1.82) is 0 Å². The number of rotatable bonds is 0. The van der Waals surface area contributed by atoms with Crippen molar-refractivity contribution < 1.29 is 0 Å². The number of fused-ring (bicyclic) bond motifs is 1. The Kier molecular flexibility index (Phi) is 1.01. The summed E-state index contributed by atoms with van der Waals surface area (Å²) in [4.78, 5) is 4.19. The quantitative estimate of drug-likeness (QED) is 0.519. The van der Waals surface area contributed by atoms with Gasteiger partial charge in [-0.2, -0.15) is 0 Å². The fraction of sp³-hybridized carbons (Fsp3) is 0.125. The molecule has 50 valence electrons. The molecule has 0 amide bonds. The average molecular weight is 132 g/mol. The van der Waals surface area contributed by atoms with Gasteiger partial charge in [-0.05, 0) is 23.8 Å². The van der Waals surface area contributed by atoms with Crippen LogP contribution in [0.1, 0.15) is 0 Å². The summed E-state index contributed by atoms with van der Waals surface area (Å²) in [7, 11) is 0. The summed E-state index contributed by atoms with van der Waals surface area (Å²) in [6, 6.07) is 0.243. The van der Waals surface area contributed by atoms with Crippen LogP contribution in [0.25, 0.3) is 0 Å². The minimum absolute atomic E-state index is 0.243. The average Bonchev–Trinajstić information content (AvgIpc) is 2.33. The molecule has 0 spiro atoms. The van der Waals surface area contributed by atoms with E-state index in [9.17, 15) is 0 Å². The van der Waals surface area contributed by atoms with Crippen molar-refractivity contribution in [2.45, 2.75) is 6.04 Å².